The van der Waals surface area contributed by atoms with Gasteiger partial charge in [0.25, 0.3) is 0 Å². The van der Waals surface area contributed by atoms with Gasteiger partial charge in [0, 0.05) is 11.1 Å². The molecule has 3 aromatic rings. The Bertz CT molecular complexity index is 1430. The Kier molecular flexibility index (Phi) is 13.7. The van der Waals surface area contributed by atoms with Crippen LogP contribution >= 0.6 is 0 Å². The van der Waals surface area contributed by atoms with Crippen LogP contribution in [0.1, 0.15) is 141 Å². The highest BCUT2D eigenvalue weighted by molar-refractivity contribution is 5.74. The molecule has 0 bridgehead atoms. The Hall–Kier alpha value is -2.81. The summed E-state index contributed by atoms with van der Waals surface area (Å²) in [6, 6.07) is 16.3. The molecule has 1 unspecified atom stereocenters. The number of rotatable bonds is 16. The van der Waals surface area contributed by atoms with E-state index in [9.17, 15) is 4.39 Å². The van der Waals surface area contributed by atoms with E-state index in [2.05, 4.69) is 19.9 Å². The molecule has 47 heavy (non-hydrogen) atoms. The zero-order valence-electron chi connectivity index (χ0n) is 29.1. The van der Waals surface area contributed by atoms with Crippen molar-refractivity contribution in [3.63, 3.8) is 0 Å². The first kappa shape index (κ1) is 35.5. The van der Waals surface area contributed by atoms with E-state index >= 15 is 8.78 Å². The van der Waals surface area contributed by atoms with Gasteiger partial charge in [-0.2, -0.15) is 0 Å². The fourth-order valence-corrected chi connectivity index (χ4v) is 8.23. The van der Waals surface area contributed by atoms with Gasteiger partial charge in [0.2, 0.25) is 0 Å². The lowest BCUT2D eigenvalue weighted by molar-refractivity contribution is 0.187. The second kappa shape index (κ2) is 18.1. The monoisotopic (exact) mass is 642 g/mol. The van der Waals surface area contributed by atoms with Crippen LogP contribution in [0.3, 0.4) is 0 Å². The van der Waals surface area contributed by atoms with Crippen LogP contribution in [0, 0.1) is 35.2 Å². The van der Waals surface area contributed by atoms with Gasteiger partial charge in [-0.3, -0.25) is 0 Å². The minimum Gasteiger partial charge on any atom is -0.206 e. The second-order valence-corrected chi connectivity index (χ2v) is 14.6. The first-order valence-corrected chi connectivity index (χ1v) is 19.0. The Morgan fingerprint density at radius 1 is 0.574 bits per heavy atom. The predicted octanol–water partition coefficient (Wildman–Crippen LogP) is 14.3. The highest BCUT2D eigenvalue weighted by Gasteiger charge is 2.29. The molecule has 3 aromatic carbocycles. The van der Waals surface area contributed by atoms with Crippen molar-refractivity contribution >= 4 is 5.57 Å². The van der Waals surface area contributed by atoms with Crippen LogP contribution in [0.5, 0.6) is 0 Å². The Morgan fingerprint density at radius 3 is 1.87 bits per heavy atom. The molecule has 0 spiro atoms. The molecule has 0 amide bonds. The summed E-state index contributed by atoms with van der Waals surface area (Å²) in [6.45, 7) is 4.45. The van der Waals surface area contributed by atoms with Gasteiger partial charge in [-0.05, 0) is 96.6 Å². The standard InChI is InChI=1S/C44H57F3/c1-3-5-7-9-11-13-32-15-17-33(18-16-32)34-19-23-36(24-20-34)40-29-28-39(31-42(40)45)35-21-25-37(26-22-35)41-30-27-38(43(46)44(41)47)14-12-10-8-6-4-2/h21-23,25-34H,3-20,24H2,1-2H3. The molecule has 5 rings (SSSR count). The maximum Gasteiger partial charge on any atom is 0.166 e. The molecule has 1 atom stereocenters. The minimum absolute atomic E-state index is 0.186. The molecule has 0 aliphatic heterocycles. The quantitative estimate of drug-likeness (QED) is 0.136. The van der Waals surface area contributed by atoms with Crippen molar-refractivity contribution in [1.29, 1.82) is 0 Å². The summed E-state index contributed by atoms with van der Waals surface area (Å²) < 4.78 is 45.4. The Labute approximate surface area is 283 Å². The molecule has 1 saturated carbocycles. The van der Waals surface area contributed by atoms with Crippen LogP contribution in [0.15, 0.2) is 60.7 Å². The van der Waals surface area contributed by atoms with Gasteiger partial charge >= 0.3 is 0 Å². The number of hydrogen-bond acceptors (Lipinski definition) is 0. The summed E-state index contributed by atoms with van der Waals surface area (Å²) >= 11 is 0. The molecule has 0 heterocycles. The minimum atomic E-state index is -0.789. The van der Waals surface area contributed by atoms with Crippen LogP contribution in [0.2, 0.25) is 0 Å². The van der Waals surface area contributed by atoms with E-state index in [0.29, 0.717) is 17.5 Å². The summed E-state index contributed by atoms with van der Waals surface area (Å²) in [4.78, 5) is 0. The van der Waals surface area contributed by atoms with E-state index in [-0.39, 0.29) is 11.4 Å². The molecule has 254 valence electrons. The molecule has 2 aliphatic rings. The molecular weight excluding hydrogens is 585 g/mol. The smallest absolute Gasteiger partial charge is 0.166 e. The lowest BCUT2D eigenvalue weighted by Crippen LogP contribution is -2.23. The Morgan fingerprint density at radius 2 is 1.21 bits per heavy atom. The summed E-state index contributed by atoms with van der Waals surface area (Å²) in [6.07, 6.45) is 25.4. The fourth-order valence-electron chi connectivity index (χ4n) is 8.23. The van der Waals surface area contributed by atoms with E-state index in [1.165, 1.54) is 70.6 Å². The third-order valence-corrected chi connectivity index (χ3v) is 11.3. The topological polar surface area (TPSA) is 0 Å². The van der Waals surface area contributed by atoms with Crippen LogP contribution in [0.4, 0.5) is 13.2 Å². The largest absolute Gasteiger partial charge is 0.206 e. The van der Waals surface area contributed by atoms with Gasteiger partial charge in [-0.1, -0.05) is 146 Å². The van der Waals surface area contributed by atoms with Crippen LogP contribution in [-0.4, -0.2) is 0 Å². The fraction of sp³-hybridized carbons (Fsp3) is 0.545. The van der Waals surface area contributed by atoms with Gasteiger partial charge in [-0.15, -0.1) is 0 Å². The van der Waals surface area contributed by atoms with Crippen molar-refractivity contribution in [2.24, 2.45) is 17.8 Å². The molecule has 2 aliphatic carbocycles. The van der Waals surface area contributed by atoms with E-state index in [4.69, 9.17) is 0 Å². The molecule has 3 heteroatoms. The SMILES string of the molecule is CCCCCCCc1ccc(-c2ccc(-c3ccc(C4=CCC(C5CCC(CCCCCCC)CC5)CC4)c(F)c3)cc2)c(F)c1F. The first-order valence-electron chi connectivity index (χ1n) is 19.0. The van der Waals surface area contributed by atoms with Crippen molar-refractivity contribution in [1.82, 2.24) is 0 Å². The average molecular weight is 643 g/mol. The van der Waals surface area contributed by atoms with Gasteiger partial charge < -0.3 is 0 Å². The van der Waals surface area contributed by atoms with Crippen molar-refractivity contribution in [3.05, 3.63) is 89.3 Å². The van der Waals surface area contributed by atoms with Crippen molar-refractivity contribution in [2.75, 3.05) is 0 Å². The molecule has 0 radical (unpaired) electrons. The summed E-state index contributed by atoms with van der Waals surface area (Å²) in [5.41, 5.74) is 4.84. The molecule has 0 saturated heterocycles. The predicted molar refractivity (Wildman–Crippen MR) is 194 cm³/mol. The summed E-state index contributed by atoms with van der Waals surface area (Å²) in [5.74, 6) is 0.811. The molecule has 0 aromatic heterocycles. The van der Waals surface area contributed by atoms with Gasteiger partial charge in [0.05, 0.1) is 0 Å². The van der Waals surface area contributed by atoms with E-state index in [1.54, 1.807) is 30.3 Å². The molecule has 0 nitrogen and oxygen atoms in total. The molecular formula is C44H57F3. The molecule has 1 fully saturated rings. The van der Waals surface area contributed by atoms with Crippen LogP contribution < -0.4 is 0 Å². The van der Waals surface area contributed by atoms with Gasteiger partial charge in [0.15, 0.2) is 11.6 Å². The zero-order valence-corrected chi connectivity index (χ0v) is 29.1. The van der Waals surface area contributed by atoms with Crippen LogP contribution in [-0.2, 0) is 6.42 Å². The number of aryl methyl sites for hydroxylation is 1. The normalized spacial score (nSPS) is 19.9. The van der Waals surface area contributed by atoms with Gasteiger partial charge in [-0.25, -0.2) is 13.2 Å². The highest BCUT2D eigenvalue weighted by atomic mass is 19.2. The number of benzene rings is 3. The van der Waals surface area contributed by atoms with E-state index in [0.717, 1.165) is 85.0 Å². The number of hydrogen-bond donors (Lipinski definition) is 0. The van der Waals surface area contributed by atoms with Crippen molar-refractivity contribution in [3.8, 4) is 22.3 Å². The highest BCUT2D eigenvalue weighted by Crippen LogP contribution is 2.43. The maximum atomic E-state index is 15.5. The lowest BCUT2D eigenvalue weighted by atomic mass is 9.70. The third kappa shape index (κ3) is 9.64. The number of halogens is 3. The van der Waals surface area contributed by atoms with Crippen LogP contribution in [0.25, 0.3) is 27.8 Å². The molecule has 0 N–H and O–H groups in total. The zero-order chi connectivity index (χ0) is 33.0. The van der Waals surface area contributed by atoms with Gasteiger partial charge in [0.1, 0.15) is 5.82 Å². The summed E-state index contributed by atoms with van der Waals surface area (Å²) in [7, 11) is 0. The van der Waals surface area contributed by atoms with E-state index in [1.807, 2.05) is 24.3 Å². The Balaban J connectivity index is 1.14. The number of allylic oxidation sites excluding steroid dienone is 2. The second-order valence-electron chi connectivity index (χ2n) is 14.6. The number of unbranched alkanes of at least 4 members (excludes halogenated alkanes) is 8. The lowest BCUT2D eigenvalue weighted by Gasteiger charge is -2.35. The maximum absolute atomic E-state index is 15.5. The van der Waals surface area contributed by atoms with Crippen molar-refractivity contribution < 1.29 is 13.2 Å². The summed E-state index contributed by atoms with van der Waals surface area (Å²) in [5, 5.41) is 0. The first-order chi connectivity index (χ1) is 23.0. The van der Waals surface area contributed by atoms with Crippen molar-refractivity contribution in [2.45, 2.75) is 136 Å². The van der Waals surface area contributed by atoms with E-state index < -0.39 is 11.6 Å². The average Bonchev–Trinajstić information content (AvgIpc) is 3.10. The third-order valence-electron chi connectivity index (χ3n) is 11.3.